The SMILES string of the molecule is CCOC(=O)C(C)(Cc1cnc(Cl)cn1)C(=O)O. The van der Waals surface area contributed by atoms with Crippen LogP contribution in [0.3, 0.4) is 0 Å². The van der Waals surface area contributed by atoms with Crippen LogP contribution in [0.2, 0.25) is 5.15 Å². The first kappa shape index (κ1) is 14.4. The van der Waals surface area contributed by atoms with E-state index in [0.29, 0.717) is 5.69 Å². The molecule has 1 N–H and O–H groups in total. The first-order chi connectivity index (χ1) is 8.40. The average molecular weight is 273 g/mol. The molecule has 0 radical (unpaired) electrons. The van der Waals surface area contributed by atoms with Crippen LogP contribution >= 0.6 is 11.6 Å². The fourth-order valence-corrected chi connectivity index (χ4v) is 1.42. The molecule has 7 heteroatoms. The van der Waals surface area contributed by atoms with E-state index in [9.17, 15) is 14.7 Å². The Morgan fingerprint density at radius 2 is 2.11 bits per heavy atom. The molecular formula is C11H13ClN2O4. The summed E-state index contributed by atoms with van der Waals surface area (Å²) in [5, 5.41) is 9.37. The van der Waals surface area contributed by atoms with Crippen molar-refractivity contribution in [2.75, 3.05) is 6.61 Å². The maximum atomic E-state index is 11.7. The summed E-state index contributed by atoms with van der Waals surface area (Å²) in [6.45, 7) is 3.03. The number of carbonyl (C=O) groups is 2. The number of hydrogen-bond donors (Lipinski definition) is 1. The molecule has 1 rings (SSSR count). The van der Waals surface area contributed by atoms with E-state index in [0.717, 1.165) is 0 Å². The molecule has 0 aliphatic carbocycles. The number of nitrogens with zero attached hydrogens (tertiary/aromatic N) is 2. The molecule has 98 valence electrons. The van der Waals surface area contributed by atoms with E-state index in [1.807, 2.05) is 0 Å². The number of aliphatic carboxylic acids is 1. The zero-order valence-corrected chi connectivity index (χ0v) is 10.8. The monoisotopic (exact) mass is 272 g/mol. The average Bonchev–Trinajstić information content (AvgIpc) is 2.32. The normalized spacial score (nSPS) is 13.7. The maximum Gasteiger partial charge on any atom is 0.323 e. The second-order valence-electron chi connectivity index (χ2n) is 3.86. The van der Waals surface area contributed by atoms with Gasteiger partial charge in [0, 0.05) is 6.42 Å². The van der Waals surface area contributed by atoms with Gasteiger partial charge in [0.25, 0.3) is 0 Å². The number of ether oxygens (including phenoxy) is 1. The molecular weight excluding hydrogens is 260 g/mol. The van der Waals surface area contributed by atoms with Gasteiger partial charge in [0.15, 0.2) is 5.41 Å². The smallest absolute Gasteiger partial charge is 0.323 e. The quantitative estimate of drug-likeness (QED) is 0.642. The predicted octanol–water partition coefficient (Wildman–Crippen LogP) is 1.33. The van der Waals surface area contributed by atoms with Crippen molar-refractivity contribution in [1.29, 1.82) is 0 Å². The van der Waals surface area contributed by atoms with E-state index in [-0.39, 0.29) is 18.2 Å². The molecule has 0 aliphatic rings. The van der Waals surface area contributed by atoms with Crippen molar-refractivity contribution in [3.05, 3.63) is 23.2 Å². The van der Waals surface area contributed by atoms with Crippen molar-refractivity contribution in [2.45, 2.75) is 20.3 Å². The number of aromatic nitrogens is 2. The highest BCUT2D eigenvalue weighted by molar-refractivity contribution is 6.29. The van der Waals surface area contributed by atoms with Crippen LogP contribution < -0.4 is 0 Å². The molecule has 1 atom stereocenters. The molecule has 0 amide bonds. The van der Waals surface area contributed by atoms with Gasteiger partial charge in [-0.2, -0.15) is 0 Å². The Hall–Kier alpha value is -1.69. The number of esters is 1. The van der Waals surface area contributed by atoms with Crippen LogP contribution in [-0.4, -0.2) is 33.6 Å². The highest BCUT2D eigenvalue weighted by Crippen LogP contribution is 2.24. The highest BCUT2D eigenvalue weighted by atomic mass is 35.5. The van der Waals surface area contributed by atoms with Crippen LogP contribution in [-0.2, 0) is 20.7 Å². The Balaban J connectivity index is 2.96. The molecule has 0 saturated carbocycles. The molecule has 0 spiro atoms. The summed E-state index contributed by atoms with van der Waals surface area (Å²) < 4.78 is 4.77. The van der Waals surface area contributed by atoms with E-state index >= 15 is 0 Å². The minimum Gasteiger partial charge on any atom is -0.480 e. The lowest BCUT2D eigenvalue weighted by molar-refractivity contribution is -0.167. The summed E-state index contributed by atoms with van der Waals surface area (Å²) in [7, 11) is 0. The molecule has 1 heterocycles. The zero-order chi connectivity index (χ0) is 13.8. The molecule has 0 saturated heterocycles. The molecule has 0 aromatic carbocycles. The number of hydrogen-bond acceptors (Lipinski definition) is 5. The first-order valence-corrected chi connectivity index (χ1v) is 5.65. The highest BCUT2D eigenvalue weighted by Gasteiger charge is 2.43. The molecule has 0 bridgehead atoms. The second kappa shape index (κ2) is 5.77. The fraction of sp³-hybridized carbons (Fsp3) is 0.455. The van der Waals surface area contributed by atoms with Crippen LogP contribution in [0.5, 0.6) is 0 Å². The van der Waals surface area contributed by atoms with Crippen LogP contribution in [0.4, 0.5) is 0 Å². The van der Waals surface area contributed by atoms with Gasteiger partial charge in [0.2, 0.25) is 0 Å². The lowest BCUT2D eigenvalue weighted by atomic mass is 9.85. The minimum absolute atomic E-state index is 0.106. The maximum absolute atomic E-state index is 11.7. The van der Waals surface area contributed by atoms with Gasteiger partial charge in [-0.15, -0.1) is 0 Å². The minimum atomic E-state index is -1.68. The fourth-order valence-electron chi connectivity index (χ4n) is 1.32. The van der Waals surface area contributed by atoms with Crippen molar-refractivity contribution < 1.29 is 19.4 Å². The third-order valence-electron chi connectivity index (χ3n) is 2.41. The Kier molecular flexibility index (Phi) is 4.61. The first-order valence-electron chi connectivity index (χ1n) is 5.27. The summed E-state index contributed by atoms with van der Waals surface area (Å²) in [5.74, 6) is -2.06. The third kappa shape index (κ3) is 3.16. The lowest BCUT2D eigenvalue weighted by Gasteiger charge is -2.21. The summed E-state index contributed by atoms with van der Waals surface area (Å²) in [6, 6.07) is 0. The Morgan fingerprint density at radius 3 is 2.56 bits per heavy atom. The number of carboxylic acids is 1. The van der Waals surface area contributed by atoms with Gasteiger partial charge in [-0.05, 0) is 13.8 Å². The second-order valence-corrected chi connectivity index (χ2v) is 4.25. The van der Waals surface area contributed by atoms with Gasteiger partial charge in [0.1, 0.15) is 5.15 Å². The van der Waals surface area contributed by atoms with E-state index in [2.05, 4.69) is 9.97 Å². The van der Waals surface area contributed by atoms with Crippen LogP contribution in [0.25, 0.3) is 0 Å². The Labute approximate surface area is 109 Å². The standard InChI is InChI=1S/C11H13ClN2O4/c1-3-18-10(17)11(2,9(15)16)4-7-5-14-8(12)6-13-7/h5-6H,3-4H2,1-2H3,(H,15,16). The van der Waals surface area contributed by atoms with Gasteiger partial charge in [-0.25, -0.2) is 4.98 Å². The topological polar surface area (TPSA) is 89.4 Å². The Morgan fingerprint density at radius 1 is 1.44 bits per heavy atom. The van der Waals surface area contributed by atoms with Crippen LogP contribution in [0.15, 0.2) is 12.4 Å². The zero-order valence-electron chi connectivity index (χ0n) is 10.0. The largest absolute Gasteiger partial charge is 0.480 e. The van der Waals surface area contributed by atoms with Gasteiger partial charge in [0.05, 0.1) is 24.7 Å². The van der Waals surface area contributed by atoms with Gasteiger partial charge < -0.3 is 9.84 Å². The third-order valence-corrected chi connectivity index (χ3v) is 2.60. The molecule has 18 heavy (non-hydrogen) atoms. The van der Waals surface area contributed by atoms with E-state index in [1.165, 1.54) is 19.3 Å². The molecule has 6 nitrogen and oxygen atoms in total. The van der Waals surface area contributed by atoms with E-state index in [4.69, 9.17) is 16.3 Å². The lowest BCUT2D eigenvalue weighted by Crippen LogP contribution is -2.40. The molecule has 0 aliphatic heterocycles. The van der Waals surface area contributed by atoms with Crippen molar-refractivity contribution >= 4 is 23.5 Å². The molecule has 1 unspecified atom stereocenters. The van der Waals surface area contributed by atoms with Crippen molar-refractivity contribution in [1.82, 2.24) is 9.97 Å². The number of carboxylic acid groups (broad SMARTS) is 1. The molecule has 1 aromatic heterocycles. The molecule has 0 fully saturated rings. The Bertz CT molecular complexity index is 449. The van der Waals surface area contributed by atoms with Gasteiger partial charge >= 0.3 is 11.9 Å². The summed E-state index contributed by atoms with van der Waals surface area (Å²) in [4.78, 5) is 30.6. The van der Waals surface area contributed by atoms with Crippen LogP contribution in [0.1, 0.15) is 19.5 Å². The van der Waals surface area contributed by atoms with Gasteiger partial charge in [-0.3, -0.25) is 14.6 Å². The molecule has 1 aromatic rings. The van der Waals surface area contributed by atoms with E-state index in [1.54, 1.807) is 6.92 Å². The predicted molar refractivity (Wildman–Crippen MR) is 63.1 cm³/mol. The number of halogens is 1. The summed E-state index contributed by atoms with van der Waals surface area (Å²) in [5.41, 5.74) is -1.32. The van der Waals surface area contributed by atoms with Crippen molar-refractivity contribution in [3.8, 4) is 0 Å². The van der Waals surface area contributed by atoms with Crippen molar-refractivity contribution in [3.63, 3.8) is 0 Å². The number of rotatable bonds is 5. The van der Waals surface area contributed by atoms with Crippen LogP contribution in [0, 0.1) is 5.41 Å². The summed E-state index contributed by atoms with van der Waals surface area (Å²) in [6.07, 6.45) is 2.53. The van der Waals surface area contributed by atoms with Crippen molar-refractivity contribution in [2.24, 2.45) is 5.41 Å². The van der Waals surface area contributed by atoms with Gasteiger partial charge in [-0.1, -0.05) is 11.6 Å². The van der Waals surface area contributed by atoms with E-state index < -0.39 is 17.4 Å². The number of carbonyl (C=O) groups excluding carboxylic acids is 1. The summed E-state index contributed by atoms with van der Waals surface area (Å²) >= 11 is 5.58.